The highest BCUT2D eigenvalue weighted by molar-refractivity contribution is 7.70. The molecular formula is C20H25ClF2N4O8P2. The molecule has 204 valence electrons. The highest BCUT2D eigenvalue weighted by atomic mass is 35.5. The first-order valence-corrected chi connectivity index (χ1v) is 14.6. The maximum atomic E-state index is 15.4. The predicted molar refractivity (Wildman–Crippen MR) is 131 cm³/mol. The molecule has 0 bridgehead atoms. The predicted octanol–water partition coefficient (Wildman–Crippen LogP) is 3.58. The summed E-state index contributed by atoms with van der Waals surface area (Å²) >= 11 is 6.05. The molecule has 1 aromatic carbocycles. The first kappa shape index (κ1) is 29.6. The van der Waals surface area contributed by atoms with Crippen LogP contribution in [0.2, 0.25) is 5.28 Å². The Balaban J connectivity index is 1.81. The van der Waals surface area contributed by atoms with Crippen molar-refractivity contribution in [1.82, 2.24) is 14.5 Å². The summed E-state index contributed by atoms with van der Waals surface area (Å²) in [6, 6.07) is 6.92. The van der Waals surface area contributed by atoms with E-state index in [1.165, 1.54) is 24.4 Å². The SMILES string of the molecule is CO[C@H](COP(=O)(O)CP(=O)(O)O)[C@@H](O)[C@H](F)n1ccc2c(N[C@H](C)c3ccc(F)cc3)nc(Cl)nc21. The number of halogens is 3. The lowest BCUT2D eigenvalue weighted by Gasteiger charge is -2.26. The minimum Gasteiger partial charge on any atom is -0.385 e. The molecule has 0 aliphatic carbocycles. The summed E-state index contributed by atoms with van der Waals surface area (Å²) in [5.41, 5.74) is 0.746. The maximum Gasteiger partial charge on any atom is 0.340 e. The van der Waals surface area contributed by atoms with Crippen LogP contribution in [0, 0.1) is 5.82 Å². The van der Waals surface area contributed by atoms with Gasteiger partial charge in [-0.3, -0.25) is 13.7 Å². The van der Waals surface area contributed by atoms with Crippen molar-refractivity contribution in [3.05, 3.63) is 53.2 Å². The molecule has 2 aromatic heterocycles. The molecule has 37 heavy (non-hydrogen) atoms. The van der Waals surface area contributed by atoms with Crippen LogP contribution >= 0.6 is 26.8 Å². The number of aliphatic hydroxyl groups is 1. The summed E-state index contributed by atoms with van der Waals surface area (Å²) in [7, 11) is -8.55. The van der Waals surface area contributed by atoms with Gasteiger partial charge in [0, 0.05) is 19.3 Å². The fraction of sp³-hybridized carbons (Fsp3) is 0.400. The summed E-state index contributed by atoms with van der Waals surface area (Å²) in [5, 5.41) is 13.8. The van der Waals surface area contributed by atoms with Crippen LogP contribution in [0.25, 0.3) is 11.0 Å². The van der Waals surface area contributed by atoms with Gasteiger partial charge in [0.25, 0.3) is 0 Å². The van der Waals surface area contributed by atoms with Gasteiger partial charge in [-0.05, 0) is 42.3 Å². The van der Waals surface area contributed by atoms with Crippen LogP contribution in [-0.2, 0) is 18.4 Å². The average Bonchev–Trinajstić information content (AvgIpc) is 3.21. The van der Waals surface area contributed by atoms with Crippen molar-refractivity contribution >= 4 is 43.6 Å². The lowest BCUT2D eigenvalue weighted by molar-refractivity contribution is -0.0861. The third kappa shape index (κ3) is 7.76. The molecule has 0 saturated heterocycles. The highest BCUT2D eigenvalue weighted by Gasteiger charge is 2.36. The number of fused-ring (bicyclic) bond motifs is 1. The van der Waals surface area contributed by atoms with Crippen LogP contribution < -0.4 is 5.32 Å². The second-order valence-electron chi connectivity index (χ2n) is 8.10. The van der Waals surface area contributed by atoms with Crippen molar-refractivity contribution in [2.24, 2.45) is 0 Å². The second kappa shape index (κ2) is 11.8. The van der Waals surface area contributed by atoms with E-state index in [4.69, 9.17) is 26.1 Å². The van der Waals surface area contributed by atoms with Crippen LogP contribution in [0.4, 0.5) is 14.6 Å². The third-order valence-corrected chi connectivity index (χ3v) is 8.93. The molecule has 1 unspecified atom stereocenters. The number of methoxy groups -OCH3 is 1. The molecular weight excluding hydrogens is 560 g/mol. The lowest BCUT2D eigenvalue weighted by atomic mass is 10.1. The van der Waals surface area contributed by atoms with Gasteiger partial charge in [0.05, 0.1) is 12.0 Å². The third-order valence-electron chi connectivity index (χ3n) is 5.30. The number of hydrogen-bond donors (Lipinski definition) is 5. The molecule has 5 N–H and O–H groups in total. The Bertz CT molecular complexity index is 1330. The summed E-state index contributed by atoms with van der Waals surface area (Å²) < 4.78 is 62.1. The van der Waals surface area contributed by atoms with Crippen LogP contribution in [0.15, 0.2) is 36.5 Å². The average molecular weight is 585 g/mol. The van der Waals surface area contributed by atoms with E-state index >= 15 is 4.39 Å². The van der Waals surface area contributed by atoms with Crippen molar-refractivity contribution in [3.63, 3.8) is 0 Å². The van der Waals surface area contributed by atoms with E-state index in [2.05, 4.69) is 19.8 Å². The van der Waals surface area contributed by atoms with E-state index in [0.29, 0.717) is 5.39 Å². The molecule has 12 nitrogen and oxygen atoms in total. The summed E-state index contributed by atoms with van der Waals surface area (Å²) in [4.78, 5) is 35.6. The van der Waals surface area contributed by atoms with Gasteiger partial charge in [0.1, 0.15) is 29.5 Å². The van der Waals surface area contributed by atoms with Gasteiger partial charge in [0.2, 0.25) is 11.6 Å². The fourth-order valence-electron chi connectivity index (χ4n) is 3.47. The zero-order valence-electron chi connectivity index (χ0n) is 19.5. The van der Waals surface area contributed by atoms with E-state index in [9.17, 15) is 23.5 Å². The standard InChI is InChI=1S/C20H25ClF2N4O8P2/c1-11(12-3-5-13(22)6-4-12)24-18-14-7-8-27(19(14)26-20(21)25-18)17(23)16(28)15(34-2)9-35-37(32,33)10-36(29,30)31/h3-8,11,15-17,28H,9-10H2,1-2H3,(H,32,33)(H,24,25,26)(H2,29,30,31)/t11-,15-,16-,17-/m1/s1. The largest absolute Gasteiger partial charge is 0.385 e. The van der Waals surface area contributed by atoms with Gasteiger partial charge < -0.3 is 34.4 Å². The van der Waals surface area contributed by atoms with Crippen molar-refractivity contribution in [2.75, 3.05) is 24.9 Å². The zero-order valence-corrected chi connectivity index (χ0v) is 22.0. The molecule has 0 fully saturated rings. The molecule has 5 atom stereocenters. The number of benzene rings is 1. The Morgan fingerprint density at radius 2 is 1.81 bits per heavy atom. The number of nitrogens with zero attached hydrogens (tertiary/aromatic N) is 3. The normalized spacial score (nSPS) is 17.2. The molecule has 0 radical (unpaired) electrons. The molecule has 3 aromatic rings. The Morgan fingerprint density at radius 3 is 2.41 bits per heavy atom. The Hall–Kier alpha value is -1.99. The zero-order chi connectivity index (χ0) is 27.5. The number of alkyl halides is 1. The molecule has 3 rings (SSSR count). The highest BCUT2D eigenvalue weighted by Crippen LogP contribution is 2.55. The van der Waals surface area contributed by atoms with Crippen LogP contribution in [-0.4, -0.2) is 66.1 Å². The van der Waals surface area contributed by atoms with Gasteiger partial charge in [-0.2, -0.15) is 4.98 Å². The summed E-state index contributed by atoms with van der Waals surface area (Å²) in [5.74, 6) is -1.59. The topological polar surface area (TPSA) is 176 Å². The van der Waals surface area contributed by atoms with E-state index < -0.39 is 52.0 Å². The number of aromatic nitrogens is 3. The maximum absolute atomic E-state index is 15.4. The molecule has 0 aliphatic rings. The van der Waals surface area contributed by atoms with Gasteiger partial charge in [0.15, 0.2) is 5.90 Å². The molecule has 0 saturated carbocycles. The number of rotatable bonds is 12. The van der Waals surface area contributed by atoms with Crippen molar-refractivity contribution in [1.29, 1.82) is 0 Å². The van der Waals surface area contributed by atoms with E-state index in [0.717, 1.165) is 17.2 Å². The van der Waals surface area contributed by atoms with Crippen molar-refractivity contribution in [2.45, 2.75) is 31.5 Å². The number of aliphatic hydroxyl groups excluding tert-OH is 1. The number of ether oxygens (including phenoxy) is 1. The van der Waals surface area contributed by atoms with Crippen molar-refractivity contribution in [3.8, 4) is 0 Å². The van der Waals surface area contributed by atoms with E-state index in [-0.39, 0.29) is 22.8 Å². The Kier molecular flexibility index (Phi) is 9.44. The fourth-order valence-corrected chi connectivity index (χ4v) is 6.20. The van der Waals surface area contributed by atoms with E-state index in [1.807, 2.05) is 0 Å². The quantitative estimate of drug-likeness (QED) is 0.155. The van der Waals surface area contributed by atoms with Crippen LogP contribution in [0.3, 0.4) is 0 Å². The molecule has 0 aliphatic heterocycles. The summed E-state index contributed by atoms with van der Waals surface area (Å²) in [6.07, 6.45) is -4.40. The van der Waals surface area contributed by atoms with Gasteiger partial charge in [-0.15, -0.1) is 0 Å². The first-order chi connectivity index (χ1) is 17.2. The smallest absolute Gasteiger partial charge is 0.340 e. The number of anilines is 1. The Morgan fingerprint density at radius 1 is 1.16 bits per heavy atom. The van der Waals surface area contributed by atoms with Crippen molar-refractivity contribution < 1.29 is 47.0 Å². The van der Waals surface area contributed by atoms with E-state index in [1.54, 1.807) is 19.1 Å². The summed E-state index contributed by atoms with van der Waals surface area (Å²) in [6.45, 7) is 0.950. The van der Waals surface area contributed by atoms with Gasteiger partial charge >= 0.3 is 15.2 Å². The molecule has 0 amide bonds. The monoisotopic (exact) mass is 584 g/mol. The first-order valence-electron chi connectivity index (χ1n) is 10.6. The Labute approximate surface area is 214 Å². The minimum atomic E-state index is -4.88. The number of hydrogen-bond acceptors (Lipinski definition) is 8. The molecule has 2 heterocycles. The second-order valence-corrected chi connectivity index (χ2v) is 12.4. The number of nitrogens with one attached hydrogen (secondary N) is 1. The van der Waals surface area contributed by atoms with Crippen LogP contribution in [0.5, 0.6) is 0 Å². The van der Waals surface area contributed by atoms with Gasteiger partial charge in [-0.1, -0.05) is 12.1 Å². The molecule has 0 spiro atoms. The molecule has 17 heteroatoms. The van der Waals surface area contributed by atoms with Crippen LogP contribution in [0.1, 0.15) is 24.8 Å². The lowest BCUT2D eigenvalue weighted by Crippen LogP contribution is -2.37. The minimum absolute atomic E-state index is 0.00505. The van der Waals surface area contributed by atoms with Gasteiger partial charge in [-0.25, -0.2) is 13.8 Å².